The van der Waals surface area contributed by atoms with Crippen molar-refractivity contribution in [3.05, 3.63) is 59.4 Å². The van der Waals surface area contributed by atoms with E-state index in [4.69, 9.17) is 9.47 Å². The summed E-state index contributed by atoms with van der Waals surface area (Å²) >= 11 is 0. The van der Waals surface area contributed by atoms with Crippen molar-refractivity contribution in [1.29, 1.82) is 0 Å². The summed E-state index contributed by atoms with van der Waals surface area (Å²) in [7, 11) is 1.71. The molecule has 128 valence electrons. The Hall–Kier alpha value is -1.91. The fourth-order valence-electron chi connectivity index (χ4n) is 3.19. The third-order valence-corrected chi connectivity index (χ3v) is 4.71. The van der Waals surface area contributed by atoms with Crippen molar-refractivity contribution in [3.8, 4) is 5.75 Å². The second-order valence-electron chi connectivity index (χ2n) is 6.35. The van der Waals surface area contributed by atoms with Crippen LogP contribution in [0.4, 0.5) is 0 Å². The number of pyridine rings is 1. The number of aromatic nitrogens is 1. The number of likely N-dealkylation sites (tertiary alicyclic amines) is 1. The molecule has 0 saturated carbocycles. The molecule has 0 radical (unpaired) electrons. The van der Waals surface area contributed by atoms with Crippen molar-refractivity contribution in [2.75, 3.05) is 20.2 Å². The molecule has 1 aliphatic heterocycles. The number of methoxy groups -OCH3 is 1. The number of hydrogen-bond donors (Lipinski definition) is 0. The number of ether oxygens (including phenoxy) is 2. The van der Waals surface area contributed by atoms with E-state index in [9.17, 15) is 0 Å². The standard InChI is InChI=1S/C20H26N2O2/c1-16-17(7-5-11-21-16)14-22-12-9-19(10-13-22)24-15-18-6-3-4-8-20(18)23-2/h3-8,11,19H,9-10,12-15H2,1-2H3. The van der Waals surface area contributed by atoms with Crippen molar-refractivity contribution < 1.29 is 9.47 Å². The average Bonchev–Trinajstić information content (AvgIpc) is 2.63. The van der Waals surface area contributed by atoms with Gasteiger partial charge in [-0.2, -0.15) is 0 Å². The van der Waals surface area contributed by atoms with Crippen LogP contribution in [0.15, 0.2) is 42.6 Å². The SMILES string of the molecule is COc1ccccc1COC1CCN(Cc2cccnc2C)CC1. The van der Waals surface area contributed by atoms with E-state index in [1.54, 1.807) is 7.11 Å². The Bertz CT molecular complexity index is 652. The Morgan fingerprint density at radius 3 is 2.58 bits per heavy atom. The molecular weight excluding hydrogens is 300 g/mol. The summed E-state index contributed by atoms with van der Waals surface area (Å²) in [5, 5.41) is 0. The molecule has 2 aromatic rings. The Balaban J connectivity index is 1.46. The predicted molar refractivity (Wildman–Crippen MR) is 95.1 cm³/mol. The molecule has 1 aromatic carbocycles. The molecule has 1 fully saturated rings. The van der Waals surface area contributed by atoms with E-state index < -0.39 is 0 Å². The normalized spacial score (nSPS) is 16.2. The Morgan fingerprint density at radius 1 is 1.08 bits per heavy atom. The third-order valence-electron chi connectivity index (χ3n) is 4.71. The monoisotopic (exact) mass is 326 g/mol. The zero-order valence-electron chi connectivity index (χ0n) is 14.6. The summed E-state index contributed by atoms with van der Waals surface area (Å²) in [5.74, 6) is 0.905. The van der Waals surface area contributed by atoms with Gasteiger partial charge in [0.2, 0.25) is 0 Å². The predicted octanol–water partition coefficient (Wildman–Crippen LogP) is 3.58. The van der Waals surface area contributed by atoms with Gasteiger partial charge in [-0.05, 0) is 37.5 Å². The van der Waals surface area contributed by atoms with Gasteiger partial charge in [-0.15, -0.1) is 0 Å². The van der Waals surface area contributed by atoms with Crippen LogP contribution >= 0.6 is 0 Å². The molecule has 4 nitrogen and oxygen atoms in total. The van der Waals surface area contributed by atoms with E-state index in [1.807, 2.05) is 30.5 Å². The summed E-state index contributed by atoms with van der Waals surface area (Å²) in [6.07, 6.45) is 4.35. The maximum atomic E-state index is 6.11. The first-order valence-corrected chi connectivity index (χ1v) is 8.62. The molecule has 0 amide bonds. The van der Waals surface area contributed by atoms with Crippen molar-refractivity contribution >= 4 is 0 Å². The fourth-order valence-corrected chi connectivity index (χ4v) is 3.19. The van der Waals surface area contributed by atoms with E-state index in [1.165, 1.54) is 5.56 Å². The van der Waals surface area contributed by atoms with Gasteiger partial charge in [0, 0.05) is 37.1 Å². The van der Waals surface area contributed by atoms with Gasteiger partial charge in [0.1, 0.15) is 5.75 Å². The van der Waals surface area contributed by atoms with Gasteiger partial charge in [0.25, 0.3) is 0 Å². The molecule has 0 atom stereocenters. The second kappa shape index (κ2) is 8.27. The summed E-state index contributed by atoms with van der Waals surface area (Å²) in [6, 6.07) is 12.3. The molecule has 2 heterocycles. The lowest BCUT2D eigenvalue weighted by Gasteiger charge is -2.32. The number of aryl methyl sites for hydroxylation is 1. The molecule has 24 heavy (non-hydrogen) atoms. The van der Waals surface area contributed by atoms with E-state index in [0.29, 0.717) is 12.7 Å². The highest BCUT2D eigenvalue weighted by atomic mass is 16.5. The van der Waals surface area contributed by atoms with Crippen LogP contribution in [0.3, 0.4) is 0 Å². The topological polar surface area (TPSA) is 34.6 Å². The van der Waals surface area contributed by atoms with Crippen LogP contribution in [0.5, 0.6) is 5.75 Å². The fraction of sp³-hybridized carbons (Fsp3) is 0.450. The first-order valence-electron chi connectivity index (χ1n) is 8.62. The molecule has 1 aliphatic rings. The van der Waals surface area contributed by atoms with E-state index in [-0.39, 0.29) is 0 Å². The Labute approximate surface area is 144 Å². The zero-order valence-corrected chi connectivity index (χ0v) is 14.6. The van der Waals surface area contributed by atoms with Gasteiger partial charge in [-0.25, -0.2) is 0 Å². The van der Waals surface area contributed by atoms with Crippen LogP contribution in [-0.2, 0) is 17.9 Å². The van der Waals surface area contributed by atoms with Gasteiger partial charge in [0.05, 0.1) is 19.8 Å². The number of rotatable bonds is 6. The molecule has 0 unspecified atom stereocenters. The highest BCUT2D eigenvalue weighted by Gasteiger charge is 2.20. The van der Waals surface area contributed by atoms with Crippen LogP contribution in [-0.4, -0.2) is 36.2 Å². The van der Waals surface area contributed by atoms with Crippen molar-refractivity contribution in [2.45, 2.75) is 39.0 Å². The molecule has 1 saturated heterocycles. The first kappa shape index (κ1) is 16.9. The molecule has 0 N–H and O–H groups in total. The minimum Gasteiger partial charge on any atom is -0.496 e. The highest BCUT2D eigenvalue weighted by Crippen LogP contribution is 2.22. The minimum atomic E-state index is 0.334. The van der Waals surface area contributed by atoms with Crippen LogP contribution < -0.4 is 4.74 Å². The van der Waals surface area contributed by atoms with Gasteiger partial charge in [0.15, 0.2) is 0 Å². The molecular formula is C20H26N2O2. The first-order chi connectivity index (χ1) is 11.8. The second-order valence-corrected chi connectivity index (χ2v) is 6.35. The lowest BCUT2D eigenvalue weighted by Crippen LogP contribution is -2.36. The van der Waals surface area contributed by atoms with E-state index in [0.717, 1.165) is 49.5 Å². The molecule has 4 heteroatoms. The third kappa shape index (κ3) is 4.34. The maximum absolute atomic E-state index is 6.11. The molecule has 0 spiro atoms. The number of hydrogen-bond acceptors (Lipinski definition) is 4. The number of para-hydroxylation sites is 1. The lowest BCUT2D eigenvalue weighted by molar-refractivity contribution is -0.00460. The van der Waals surface area contributed by atoms with Crippen LogP contribution in [0, 0.1) is 6.92 Å². The van der Waals surface area contributed by atoms with Crippen molar-refractivity contribution in [2.24, 2.45) is 0 Å². The van der Waals surface area contributed by atoms with Crippen molar-refractivity contribution in [3.63, 3.8) is 0 Å². The molecule has 0 aliphatic carbocycles. The lowest BCUT2D eigenvalue weighted by atomic mass is 10.1. The van der Waals surface area contributed by atoms with Gasteiger partial charge in [-0.3, -0.25) is 9.88 Å². The Morgan fingerprint density at radius 2 is 1.83 bits per heavy atom. The maximum Gasteiger partial charge on any atom is 0.124 e. The molecule has 3 rings (SSSR count). The van der Waals surface area contributed by atoms with Crippen LogP contribution in [0.25, 0.3) is 0 Å². The number of piperidine rings is 1. The quantitative estimate of drug-likeness (QED) is 0.813. The van der Waals surface area contributed by atoms with Crippen LogP contribution in [0.2, 0.25) is 0 Å². The van der Waals surface area contributed by atoms with Gasteiger partial charge >= 0.3 is 0 Å². The molecule has 1 aromatic heterocycles. The number of nitrogens with zero attached hydrogens (tertiary/aromatic N) is 2. The van der Waals surface area contributed by atoms with Gasteiger partial charge < -0.3 is 9.47 Å². The van der Waals surface area contributed by atoms with Gasteiger partial charge in [-0.1, -0.05) is 24.3 Å². The van der Waals surface area contributed by atoms with E-state index in [2.05, 4.69) is 28.9 Å². The van der Waals surface area contributed by atoms with E-state index >= 15 is 0 Å². The van der Waals surface area contributed by atoms with Crippen molar-refractivity contribution in [1.82, 2.24) is 9.88 Å². The molecule has 0 bridgehead atoms. The zero-order chi connectivity index (χ0) is 16.8. The smallest absolute Gasteiger partial charge is 0.124 e. The summed E-state index contributed by atoms with van der Waals surface area (Å²) in [4.78, 5) is 6.87. The minimum absolute atomic E-state index is 0.334. The van der Waals surface area contributed by atoms with Crippen LogP contribution in [0.1, 0.15) is 29.7 Å². The summed E-state index contributed by atoms with van der Waals surface area (Å²) in [5.41, 5.74) is 3.58. The summed E-state index contributed by atoms with van der Waals surface area (Å²) < 4.78 is 11.5. The largest absolute Gasteiger partial charge is 0.496 e. The highest BCUT2D eigenvalue weighted by molar-refractivity contribution is 5.32. The Kier molecular flexibility index (Phi) is 5.83. The average molecular weight is 326 g/mol. The number of benzene rings is 1. The summed E-state index contributed by atoms with van der Waals surface area (Å²) in [6.45, 7) is 5.84.